The number of likely N-dealkylation sites (tertiary alicyclic amines) is 1. The molecule has 0 saturated carbocycles. The molecule has 2 unspecified atom stereocenters. The van der Waals surface area contributed by atoms with E-state index in [1.807, 2.05) is 6.07 Å². The average molecular weight is 236 g/mol. The molecular weight excluding hydrogens is 216 g/mol. The van der Waals surface area contributed by atoms with Crippen LogP contribution in [0.15, 0.2) is 18.5 Å². The molecule has 1 fully saturated rings. The van der Waals surface area contributed by atoms with Gasteiger partial charge in [-0.2, -0.15) is 0 Å². The van der Waals surface area contributed by atoms with Crippen LogP contribution in [0, 0.1) is 0 Å². The number of nitrogens with zero attached hydrogens (tertiary/aromatic N) is 2. The van der Waals surface area contributed by atoms with Crippen LogP contribution in [0.4, 0.5) is 0 Å². The standard InChI is InChI=1S/C13H20N2O2/c1-10-7-13(16,4-5-15(10)2)11-6-12(17-3)9-14-8-11/h6,8-10,16H,4-5,7H2,1-3H3. The van der Waals surface area contributed by atoms with Crippen LogP contribution in [-0.4, -0.2) is 41.7 Å². The molecule has 2 rings (SSSR count). The van der Waals surface area contributed by atoms with Gasteiger partial charge in [-0.15, -0.1) is 0 Å². The minimum Gasteiger partial charge on any atom is -0.495 e. The summed E-state index contributed by atoms with van der Waals surface area (Å²) in [6, 6.07) is 2.25. The highest BCUT2D eigenvalue weighted by atomic mass is 16.5. The molecule has 1 saturated heterocycles. The molecule has 4 heteroatoms. The van der Waals surface area contributed by atoms with Crippen LogP contribution >= 0.6 is 0 Å². The maximum Gasteiger partial charge on any atom is 0.137 e. The van der Waals surface area contributed by atoms with Crippen molar-refractivity contribution >= 4 is 0 Å². The Morgan fingerprint density at radius 3 is 2.94 bits per heavy atom. The lowest BCUT2D eigenvalue weighted by Crippen LogP contribution is -2.45. The Kier molecular flexibility index (Phi) is 3.35. The molecule has 2 heterocycles. The predicted molar refractivity (Wildman–Crippen MR) is 66.0 cm³/mol. The number of pyridine rings is 1. The summed E-state index contributed by atoms with van der Waals surface area (Å²) < 4.78 is 5.15. The minimum absolute atomic E-state index is 0.375. The van der Waals surface area contributed by atoms with Crippen molar-refractivity contribution in [3.8, 4) is 5.75 Å². The Hall–Kier alpha value is -1.13. The quantitative estimate of drug-likeness (QED) is 0.843. The van der Waals surface area contributed by atoms with E-state index >= 15 is 0 Å². The maximum absolute atomic E-state index is 10.7. The fourth-order valence-corrected chi connectivity index (χ4v) is 2.38. The number of hydrogen-bond donors (Lipinski definition) is 1. The van der Waals surface area contributed by atoms with E-state index in [1.54, 1.807) is 19.5 Å². The van der Waals surface area contributed by atoms with Crippen molar-refractivity contribution in [2.45, 2.75) is 31.4 Å². The van der Waals surface area contributed by atoms with Gasteiger partial charge in [0.05, 0.1) is 18.9 Å². The van der Waals surface area contributed by atoms with Crippen LogP contribution in [0.1, 0.15) is 25.3 Å². The molecular formula is C13H20N2O2. The third-order valence-electron chi connectivity index (χ3n) is 3.75. The number of ether oxygens (including phenoxy) is 1. The van der Waals surface area contributed by atoms with Gasteiger partial charge in [-0.3, -0.25) is 4.98 Å². The van der Waals surface area contributed by atoms with E-state index in [4.69, 9.17) is 4.74 Å². The molecule has 0 bridgehead atoms. The van der Waals surface area contributed by atoms with Crippen LogP contribution in [-0.2, 0) is 5.60 Å². The summed E-state index contributed by atoms with van der Waals surface area (Å²) in [4.78, 5) is 6.39. The minimum atomic E-state index is -0.770. The summed E-state index contributed by atoms with van der Waals surface area (Å²) >= 11 is 0. The van der Waals surface area contributed by atoms with Gasteiger partial charge in [0.15, 0.2) is 0 Å². The molecule has 1 aliphatic heterocycles. The van der Waals surface area contributed by atoms with Crippen LogP contribution in [0.5, 0.6) is 5.75 Å². The monoisotopic (exact) mass is 236 g/mol. The Labute approximate surface area is 102 Å². The zero-order valence-corrected chi connectivity index (χ0v) is 10.7. The molecule has 1 aromatic rings. The van der Waals surface area contributed by atoms with Crippen molar-refractivity contribution < 1.29 is 9.84 Å². The molecule has 0 radical (unpaired) electrons. The van der Waals surface area contributed by atoms with E-state index < -0.39 is 5.60 Å². The molecule has 0 aromatic carbocycles. The number of methoxy groups -OCH3 is 1. The van der Waals surface area contributed by atoms with Crippen molar-refractivity contribution in [1.29, 1.82) is 0 Å². The van der Waals surface area contributed by atoms with Crippen molar-refractivity contribution in [3.05, 3.63) is 24.0 Å². The van der Waals surface area contributed by atoms with E-state index in [0.29, 0.717) is 11.8 Å². The summed E-state index contributed by atoms with van der Waals surface area (Å²) in [6.07, 6.45) is 4.87. The number of piperidine rings is 1. The Morgan fingerprint density at radius 1 is 1.53 bits per heavy atom. The first-order chi connectivity index (χ1) is 8.05. The smallest absolute Gasteiger partial charge is 0.137 e. The zero-order valence-electron chi connectivity index (χ0n) is 10.7. The molecule has 1 aromatic heterocycles. The van der Waals surface area contributed by atoms with Crippen molar-refractivity contribution in [1.82, 2.24) is 9.88 Å². The summed E-state index contributed by atoms with van der Waals surface area (Å²) in [7, 11) is 3.70. The topological polar surface area (TPSA) is 45.6 Å². The van der Waals surface area contributed by atoms with E-state index in [9.17, 15) is 5.11 Å². The fourth-order valence-electron chi connectivity index (χ4n) is 2.38. The van der Waals surface area contributed by atoms with E-state index in [-0.39, 0.29) is 0 Å². The lowest BCUT2D eigenvalue weighted by Gasteiger charge is -2.41. The van der Waals surface area contributed by atoms with Gasteiger partial charge in [-0.05, 0) is 32.9 Å². The fraction of sp³-hybridized carbons (Fsp3) is 0.615. The first-order valence-electron chi connectivity index (χ1n) is 5.97. The van der Waals surface area contributed by atoms with Crippen LogP contribution in [0.25, 0.3) is 0 Å². The van der Waals surface area contributed by atoms with Gasteiger partial charge in [0.2, 0.25) is 0 Å². The first kappa shape index (κ1) is 12.3. The van der Waals surface area contributed by atoms with E-state index in [1.165, 1.54) is 0 Å². The second-order valence-electron chi connectivity index (χ2n) is 4.93. The van der Waals surface area contributed by atoms with Crippen LogP contribution in [0.2, 0.25) is 0 Å². The molecule has 0 amide bonds. The summed E-state index contributed by atoms with van der Waals surface area (Å²) in [6.45, 7) is 3.03. The molecule has 4 nitrogen and oxygen atoms in total. The Morgan fingerprint density at radius 2 is 2.29 bits per heavy atom. The van der Waals surface area contributed by atoms with Crippen molar-refractivity contribution in [2.75, 3.05) is 20.7 Å². The molecule has 0 spiro atoms. The lowest BCUT2D eigenvalue weighted by atomic mass is 9.82. The van der Waals surface area contributed by atoms with Gasteiger partial charge in [0.25, 0.3) is 0 Å². The molecule has 2 atom stereocenters. The lowest BCUT2D eigenvalue weighted by molar-refractivity contribution is -0.0412. The number of rotatable bonds is 2. The van der Waals surface area contributed by atoms with Gasteiger partial charge in [-0.25, -0.2) is 0 Å². The van der Waals surface area contributed by atoms with Gasteiger partial charge in [0.1, 0.15) is 5.75 Å². The summed E-state index contributed by atoms with van der Waals surface area (Å²) in [5.74, 6) is 0.697. The Balaban J connectivity index is 2.25. The SMILES string of the molecule is COc1cncc(C2(O)CCN(C)C(C)C2)c1. The van der Waals surface area contributed by atoms with Gasteiger partial charge in [0, 0.05) is 24.3 Å². The van der Waals surface area contributed by atoms with Crippen LogP contribution < -0.4 is 4.74 Å². The van der Waals surface area contributed by atoms with Gasteiger partial charge in [-0.1, -0.05) is 0 Å². The largest absolute Gasteiger partial charge is 0.495 e. The van der Waals surface area contributed by atoms with Crippen LogP contribution in [0.3, 0.4) is 0 Å². The summed E-state index contributed by atoms with van der Waals surface area (Å²) in [5, 5.41) is 10.7. The third kappa shape index (κ3) is 2.42. The summed E-state index contributed by atoms with van der Waals surface area (Å²) in [5.41, 5.74) is 0.0878. The zero-order chi connectivity index (χ0) is 12.5. The third-order valence-corrected chi connectivity index (χ3v) is 3.75. The normalized spacial score (nSPS) is 30.2. The Bertz CT molecular complexity index is 397. The van der Waals surface area contributed by atoms with Crippen molar-refractivity contribution in [3.63, 3.8) is 0 Å². The predicted octanol–water partition coefficient (Wildman–Crippen LogP) is 1.39. The second kappa shape index (κ2) is 4.63. The number of hydrogen-bond acceptors (Lipinski definition) is 4. The molecule has 94 valence electrons. The molecule has 17 heavy (non-hydrogen) atoms. The molecule has 1 N–H and O–H groups in total. The van der Waals surface area contributed by atoms with E-state index in [2.05, 4.69) is 23.9 Å². The maximum atomic E-state index is 10.7. The first-order valence-corrected chi connectivity index (χ1v) is 5.97. The second-order valence-corrected chi connectivity index (χ2v) is 4.93. The highest BCUT2D eigenvalue weighted by molar-refractivity contribution is 5.28. The highest BCUT2D eigenvalue weighted by Gasteiger charge is 2.36. The molecule has 1 aliphatic rings. The average Bonchev–Trinajstić information content (AvgIpc) is 2.34. The van der Waals surface area contributed by atoms with Crippen molar-refractivity contribution in [2.24, 2.45) is 0 Å². The number of aromatic nitrogens is 1. The van der Waals surface area contributed by atoms with Gasteiger partial charge >= 0.3 is 0 Å². The molecule has 0 aliphatic carbocycles. The number of aliphatic hydroxyl groups is 1. The van der Waals surface area contributed by atoms with E-state index in [0.717, 1.165) is 24.9 Å². The van der Waals surface area contributed by atoms with Gasteiger partial charge < -0.3 is 14.7 Å². The highest BCUT2D eigenvalue weighted by Crippen LogP contribution is 2.35.